The second-order valence-electron chi connectivity index (χ2n) is 8.66. The Morgan fingerprint density at radius 2 is 1.54 bits per heavy atom. The van der Waals surface area contributed by atoms with Crippen LogP contribution in [0.15, 0.2) is 53.6 Å². The van der Waals surface area contributed by atoms with E-state index in [1.807, 2.05) is 31.2 Å². The van der Waals surface area contributed by atoms with Crippen LogP contribution in [0.5, 0.6) is 5.75 Å². The number of morpholine rings is 2. The first-order valence-corrected chi connectivity index (χ1v) is 12.2. The van der Waals surface area contributed by atoms with Crippen molar-refractivity contribution in [1.29, 1.82) is 0 Å². The standard InChI is InChI=1S/C26H29N7O4/c1-19-3-2-4-21(17-19)23(34)37-22-7-5-20(6-8-22)18-27-31-24-28-25(32-9-13-35-14-10-32)30-26(29-24)33-11-15-36-16-12-33/h2-8,17-18H,9-16H2,1H3,(H,28,29,30,31). The number of esters is 1. The van der Waals surface area contributed by atoms with Crippen LogP contribution < -0.4 is 20.0 Å². The molecule has 1 aromatic heterocycles. The first-order chi connectivity index (χ1) is 18.1. The van der Waals surface area contributed by atoms with Crippen molar-refractivity contribution in [3.63, 3.8) is 0 Å². The van der Waals surface area contributed by atoms with E-state index in [4.69, 9.17) is 19.2 Å². The van der Waals surface area contributed by atoms with E-state index in [2.05, 4.69) is 30.3 Å². The number of carbonyl (C=O) groups is 1. The highest BCUT2D eigenvalue weighted by atomic mass is 16.5. The first kappa shape index (κ1) is 24.6. The molecule has 3 heterocycles. The fourth-order valence-electron chi connectivity index (χ4n) is 3.94. The second kappa shape index (κ2) is 11.8. The molecule has 2 fully saturated rings. The van der Waals surface area contributed by atoms with Gasteiger partial charge in [0.15, 0.2) is 0 Å². The molecule has 192 valence electrons. The van der Waals surface area contributed by atoms with Crippen molar-refractivity contribution in [3.05, 3.63) is 65.2 Å². The second-order valence-corrected chi connectivity index (χ2v) is 8.66. The van der Waals surface area contributed by atoms with Gasteiger partial charge in [-0.2, -0.15) is 20.1 Å². The van der Waals surface area contributed by atoms with E-state index in [1.54, 1.807) is 30.5 Å². The zero-order valence-corrected chi connectivity index (χ0v) is 20.7. The Labute approximate surface area is 215 Å². The van der Waals surface area contributed by atoms with Crippen LogP contribution in [0.2, 0.25) is 0 Å². The Hall–Kier alpha value is -4.09. The normalized spacial score (nSPS) is 16.1. The molecular weight excluding hydrogens is 474 g/mol. The number of aromatic nitrogens is 3. The number of hydrazone groups is 1. The molecule has 3 aromatic rings. The van der Waals surface area contributed by atoms with Gasteiger partial charge in [0.05, 0.1) is 38.2 Å². The van der Waals surface area contributed by atoms with Crippen LogP contribution in [0.1, 0.15) is 21.5 Å². The lowest BCUT2D eigenvalue weighted by Gasteiger charge is -2.30. The Balaban J connectivity index is 1.25. The van der Waals surface area contributed by atoms with Gasteiger partial charge in [0.25, 0.3) is 0 Å². The van der Waals surface area contributed by atoms with Crippen molar-refractivity contribution in [2.75, 3.05) is 67.8 Å². The predicted molar refractivity (Wildman–Crippen MR) is 140 cm³/mol. The summed E-state index contributed by atoms with van der Waals surface area (Å²) in [6, 6.07) is 14.4. The van der Waals surface area contributed by atoms with Gasteiger partial charge < -0.3 is 24.0 Å². The van der Waals surface area contributed by atoms with Crippen molar-refractivity contribution < 1.29 is 19.0 Å². The molecule has 2 aliphatic heterocycles. The zero-order chi connectivity index (χ0) is 25.5. The van der Waals surface area contributed by atoms with Gasteiger partial charge in [-0.3, -0.25) is 0 Å². The van der Waals surface area contributed by atoms with E-state index < -0.39 is 5.97 Å². The minimum absolute atomic E-state index is 0.359. The third-order valence-electron chi connectivity index (χ3n) is 5.92. The third-order valence-corrected chi connectivity index (χ3v) is 5.92. The summed E-state index contributed by atoms with van der Waals surface area (Å²) in [5.74, 6) is 1.61. The molecule has 0 unspecified atom stereocenters. The fourth-order valence-corrected chi connectivity index (χ4v) is 3.94. The molecule has 2 aliphatic rings. The summed E-state index contributed by atoms with van der Waals surface area (Å²) in [6.07, 6.45) is 1.65. The molecule has 5 rings (SSSR count). The maximum atomic E-state index is 12.4. The molecule has 0 radical (unpaired) electrons. The molecule has 0 bridgehead atoms. The number of nitrogens with zero attached hydrogens (tertiary/aromatic N) is 6. The highest BCUT2D eigenvalue weighted by Gasteiger charge is 2.20. The summed E-state index contributed by atoms with van der Waals surface area (Å²) in [4.78, 5) is 30.4. The third kappa shape index (κ3) is 6.57. The van der Waals surface area contributed by atoms with Crippen LogP contribution in [-0.4, -0.2) is 79.7 Å². The predicted octanol–water partition coefficient (Wildman–Crippen LogP) is 2.52. The van der Waals surface area contributed by atoms with Crippen LogP contribution in [-0.2, 0) is 9.47 Å². The largest absolute Gasteiger partial charge is 0.423 e. The van der Waals surface area contributed by atoms with Crippen molar-refractivity contribution >= 4 is 30.0 Å². The Morgan fingerprint density at radius 1 is 0.919 bits per heavy atom. The van der Waals surface area contributed by atoms with E-state index in [-0.39, 0.29) is 0 Å². The Kier molecular flexibility index (Phi) is 7.82. The van der Waals surface area contributed by atoms with E-state index in [9.17, 15) is 4.79 Å². The maximum absolute atomic E-state index is 12.4. The summed E-state index contributed by atoms with van der Waals surface area (Å²) in [6.45, 7) is 7.35. The molecule has 0 spiro atoms. The van der Waals surface area contributed by atoms with Gasteiger partial charge in [0.1, 0.15) is 5.75 Å². The number of aryl methyl sites for hydroxylation is 1. The molecule has 37 heavy (non-hydrogen) atoms. The van der Waals surface area contributed by atoms with Crippen LogP contribution in [0.25, 0.3) is 0 Å². The molecule has 0 amide bonds. The van der Waals surface area contributed by atoms with Crippen LogP contribution in [0.4, 0.5) is 17.8 Å². The lowest BCUT2D eigenvalue weighted by atomic mass is 10.1. The average Bonchev–Trinajstić information content (AvgIpc) is 2.95. The van der Waals surface area contributed by atoms with E-state index in [0.717, 1.165) is 37.3 Å². The first-order valence-electron chi connectivity index (χ1n) is 12.2. The monoisotopic (exact) mass is 503 g/mol. The molecule has 0 saturated carbocycles. The molecule has 11 heteroatoms. The summed E-state index contributed by atoms with van der Waals surface area (Å²) in [5, 5.41) is 4.31. The van der Waals surface area contributed by atoms with E-state index in [0.29, 0.717) is 55.6 Å². The van der Waals surface area contributed by atoms with Gasteiger partial charge >= 0.3 is 5.97 Å². The van der Waals surface area contributed by atoms with Crippen molar-refractivity contribution in [3.8, 4) is 5.75 Å². The quantitative estimate of drug-likeness (QED) is 0.223. The fraction of sp³-hybridized carbons (Fsp3) is 0.346. The molecule has 0 atom stereocenters. The molecule has 2 saturated heterocycles. The Morgan fingerprint density at radius 3 is 2.14 bits per heavy atom. The highest BCUT2D eigenvalue weighted by molar-refractivity contribution is 5.91. The van der Waals surface area contributed by atoms with E-state index in [1.165, 1.54) is 0 Å². The van der Waals surface area contributed by atoms with Gasteiger partial charge in [0.2, 0.25) is 17.8 Å². The van der Waals surface area contributed by atoms with Gasteiger partial charge in [-0.15, -0.1) is 0 Å². The van der Waals surface area contributed by atoms with Gasteiger partial charge in [0, 0.05) is 26.2 Å². The maximum Gasteiger partial charge on any atom is 0.343 e. The number of anilines is 3. The molecule has 1 N–H and O–H groups in total. The SMILES string of the molecule is Cc1cccc(C(=O)Oc2ccc(C=NNc3nc(N4CCOCC4)nc(N4CCOCC4)n3)cc2)c1. The number of carbonyl (C=O) groups excluding carboxylic acids is 1. The molecule has 0 aliphatic carbocycles. The van der Waals surface area contributed by atoms with Crippen LogP contribution in [0.3, 0.4) is 0 Å². The molecule has 11 nitrogen and oxygen atoms in total. The van der Waals surface area contributed by atoms with Crippen molar-refractivity contribution in [1.82, 2.24) is 15.0 Å². The lowest BCUT2D eigenvalue weighted by Crippen LogP contribution is -2.40. The minimum atomic E-state index is -0.395. The number of hydrogen-bond donors (Lipinski definition) is 1. The number of hydrogen-bond acceptors (Lipinski definition) is 11. The summed E-state index contributed by atoms with van der Waals surface area (Å²) < 4.78 is 16.4. The highest BCUT2D eigenvalue weighted by Crippen LogP contribution is 2.19. The molecule has 2 aromatic carbocycles. The minimum Gasteiger partial charge on any atom is -0.423 e. The summed E-state index contributed by atoms with van der Waals surface area (Å²) in [5.41, 5.74) is 5.26. The van der Waals surface area contributed by atoms with Crippen LogP contribution in [0, 0.1) is 6.92 Å². The van der Waals surface area contributed by atoms with Crippen molar-refractivity contribution in [2.45, 2.75) is 6.92 Å². The van der Waals surface area contributed by atoms with Gasteiger partial charge in [-0.05, 0) is 48.9 Å². The smallest absolute Gasteiger partial charge is 0.343 e. The number of ether oxygens (including phenoxy) is 3. The van der Waals surface area contributed by atoms with Gasteiger partial charge in [-0.25, -0.2) is 10.2 Å². The topological polar surface area (TPSA) is 114 Å². The van der Waals surface area contributed by atoms with E-state index >= 15 is 0 Å². The average molecular weight is 504 g/mol. The van der Waals surface area contributed by atoms with Gasteiger partial charge in [-0.1, -0.05) is 17.7 Å². The number of nitrogens with one attached hydrogen (secondary N) is 1. The summed E-state index contributed by atoms with van der Waals surface area (Å²) >= 11 is 0. The summed E-state index contributed by atoms with van der Waals surface area (Å²) in [7, 11) is 0. The van der Waals surface area contributed by atoms with Crippen molar-refractivity contribution in [2.24, 2.45) is 5.10 Å². The number of rotatable bonds is 7. The molecular formula is C26H29N7O4. The zero-order valence-electron chi connectivity index (χ0n) is 20.7. The lowest BCUT2D eigenvalue weighted by molar-refractivity contribution is 0.0734. The number of benzene rings is 2. The Bertz CT molecular complexity index is 1200. The van der Waals surface area contributed by atoms with Crippen LogP contribution >= 0.6 is 0 Å².